The molecule has 3 aromatic heterocycles. The highest BCUT2D eigenvalue weighted by Gasteiger charge is 2.24. The molecule has 4 aromatic rings. The number of hydrogen-bond donors (Lipinski definition) is 1. The predicted molar refractivity (Wildman–Crippen MR) is 120 cm³/mol. The SMILES string of the molecule is CCc1c(C(=O)O)nn2c(N3CCOCC3)cc(-n3ccc(-c4cccc(C)c4)n3)nc12. The molecule has 1 fully saturated rings. The van der Waals surface area contributed by atoms with Crippen LogP contribution in [0.25, 0.3) is 22.7 Å². The van der Waals surface area contributed by atoms with Crippen LogP contribution < -0.4 is 4.90 Å². The first kappa shape index (κ1) is 20.2. The van der Waals surface area contributed by atoms with Gasteiger partial charge >= 0.3 is 5.97 Å². The molecule has 0 bridgehead atoms. The zero-order chi connectivity index (χ0) is 22.2. The molecule has 0 saturated carbocycles. The van der Waals surface area contributed by atoms with Crippen molar-refractivity contribution in [3.05, 3.63) is 59.4 Å². The van der Waals surface area contributed by atoms with Gasteiger partial charge in [-0.25, -0.2) is 14.5 Å². The normalized spacial score (nSPS) is 14.2. The molecule has 5 rings (SSSR count). The third kappa shape index (κ3) is 3.50. The van der Waals surface area contributed by atoms with Crippen LogP contribution in [0.3, 0.4) is 0 Å². The number of carbonyl (C=O) groups is 1. The Kier molecular flexibility index (Phi) is 5.10. The van der Waals surface area contributed by atoms with Gasteiger partial charge in [0.05, 0.1) is 18.9 Å². The van der Waals surface area contributed by atoms with E-state index in [9.17, 15) is 9.90 Å². The monoisotopic (exact) mass is 432 g/mol. The van der Waals surface area contributed by atoms with E-state index in [-0.39, 0.29) is 5.69 Å². The minimum Gasteiger partial charge on any atom is -0.476 e. The number of rotatable bonds is 5. The third-order valence-corrected chi connectivity index (χ3v) is 5.68. The maximum Gasteiger partial charge on any atom is 0.356 e. The zero-order valence-electron chi connectivity index (χ0n) is 18.0. The lowest BCUT2D eigenvalue weighted by Crippen LogP contribution is -2.37. The summed E-state index contributed by atoms with van der Waals surface area (Å²) in [6, 6.07) is 12.0. The van der Waals surface area contributed by atoms with Crippen LogP contribution in [0, 0.1) is 6.92 Å². The molecule has 9 heteroatoms. The first-order valence-corrected chi connectivity index (χ1v) is 10.7. The molecule has 0 radical (unpaired) electrons. The number of aryl methyl sites for hydroxylation is 2. The fourth-order valence-corrected chi connectivity index (χ4v) is 4.08. The van der Waals surface area contributed by atoms with Crippen LogP contribution in [0.2, 0.25) is 0 Å². The Bertz CT molecular complexity index is 1300. The minimum atomic E-state index is -1.05. The van der Waals surface area contributed by atoms with E-state index in [0.29, 0.717) is 49.8 Å². The standard InChI is InChI=1S/C23H24N6O3/c1-3-17-21(23(30)31)26-29-20(27-9-11-32-12-10-27)14-19(24-22(17)29)28-8-7-18(25-28)16-6-4-5-15(2)13-16/h4-8,13-14H,3,9-12H2,1-2H3,(H,30,31). The number of hydrogen-bond acceptors (Lipinski definition) is 6. The summed E-state index contributed by atoms with van der Waals surface area (Å²) in [6.45, 7) is 6.55. The first-order chi connectivity index (χ1) is 15.5. The van der Waals surface area contributed by atoms with Crippen molar-refractivity contribution in [3.63, 3.8) is 0 Å². The van der Waals surface area contributed by atoms with Crippen LogP contribution in [0.1, 0.15) is 28.5 Å². The lowest BCUT2D eigenvalue weighted by atomic mass is 10.1. The molecule has 1 aliphatic heterocycles. The molecule has 1 saturated heterocycles. The first-order valence-electron chi connectivity index (χ1n) is 10.7. The summed E-state index contributed by atoms with van der Waals surface area (Å²) in [7, 11) is 0. The zero-order valence-corrected chi connectivity index (χ0v) is 18.0. The Labute approximate surface area is 184 Å². The van der Waals surface area contributed by atoms with Crippen LogP contribution in [-0.2, 0) is 11.2 Å². The largest absolute Gasteiger partial charge is 0.476 e. The molecule has 1 aromatic carbocycles. The highest BCUT2D eigenvalue weighted by Crippen LogP contribution is 2.26. The Balaban J connectivity index is 1.67. The van der Waals surface area contributed by atoms with Gasteiger partial charge in [-0.15, -0.1) is 0 Å². The second-order valence-corrected chi connectivity index (χ2v) is 7.81. The van der Waals surface area contributed by atoms with E-state index in [1.54, 1.807) is 9.20 Å². The Morgan fingerprint density at radius 1 is 1.16 bits per heavy atom. The highest BCUT2D eigenvalue weighted by atomic mass is 16.5. The van der Waals surface area contributed by atoms with Gasteiger partial charge in [-0.1, -0.05) is 30.7 Å². The second kappa shape index (κ2) is 8.08. The quantitative estimate of drug-likeness (QED) is 0.518. The molecule has 4 heterocycles. The number of benzene rings is 1. The van der Waals surface area contributed by atoms with Gasteiger partial charge in [-0.2, -0.15) is 14.7 Å². The average Bonchev–Trinajstić information content (AvgIpc) is 3.44. The number of carboxylic acid groups (broad SMARTS) is 1. The maximum absolute atomic E-state index is 11.8. The topological polar surface area (TPSA) is 97.8 Å². The van der Waals surface area contributed by atoms with E-state index >= 15 is 0 Å². The van der Waals surface area contributed by atoms with Crippen LogP contribution in [0.15, 0.2) is 42.6 Å². The molecular formula is C23H24N6O3. The number of aromatic carboxylic acids is 1. The number of morpholine rings is 1. The molecule has 0 atom stereocenters. The summed E-state index contributed by atoms with van der Waals surface area (Å²) in [4.78, 5) is 18.7. The molecule has 32 heavy (non-hydrogen) atoms. The van der Waals surface area contributed by atoms with E-state index in [4.69, 9.17) is 14.8 Å². The number of ether oxygens (including phenoxy) is 1. The van der Waals surface area contributed by atoms with E-state index in [0.717, 1.165) is 17.1 Å². The van der Waals surface area contributed by atoms with Crippen LogP contribution in [0.5, 0.6) is 0 Å². The molecule has 1 aliphatic rings. The molecular weight excluding hydrogens is 408 g/mol. The highest BCUT2D eigenvalue weighted by molar-refractivity contribution is 5.89. The van der Waals surface area contributed by atoms with Crippen LogP contribution in [-0.4, -0.2) is 61.8 Å². The molecule has 0 amide bonds. The molecule has 0 unspecified atom stereocenters. The van der Waals surface area contributed by atoms with Crippen molar-refractivity contribution in [3.8, 4) is 17.1 Å². The Hall–Kier alpha value is -3.72. The van der Waals surface area contributed by atoms with E-state index in [2.05, 4.69) is 29.1 Å². The van der Waals surface area contributed by atoms with Gasteiger partial charge in [-0.3, -0.25) is 0 Å². The number of aromatic nitrogens is 5. The molecule has 164 valence electrons. The summed E-state index contributed by atoms with van der Waals surface area (Å²) >= 11 is 0. The summed E-state index contributed by atoms with van der Waals surface area (Å²) in [6.07, 6.45) is 2.39. The summed E-state index contributed by atoms with van der Waals surface area (Å²) in [5.74, 6) is 0.343. The summed E-state index contributed by atoms with van der Waals surface area (Å²) < 4.78 is 8.87. The number of carboxylic acids is 1. The van der Waals surface area contributed by atoms with Crippen molar-refractivity contribution in [1.82, 2.24) is 24.4 Å². The van der Waals surface area contributed by atoms with E-state index < -0.39 is 5.97 Å². The van der Waals surface area contributed by atoms with Gasteiger partial charge < -0.3 is 14.7 Å². The predicted octanol–water partition coefficient (Wildman–Crippen LogP) is 2.99. The Morgan fingerprint density at radius 3 is 2.69 bits per heavy atom. The molecule has 1 N–H and O–H groups in total. The fraction of sp³-hybridized carbons (Fsp3) is 0.304. The minimum absolute atomic E-state index is 0.0348. The van der Waals surface area contributed by atoms with E-state index in [1.165, 1.54) is 5.56 Å². The van der Waals surface area contributed by atoms with Crippen molar-refractivity contribution in [2.24, 2.45) is 0 Å². The van der Waals surface area contributed by atoms with Crippen molar-refractivity contribution in [2.75, 3.05) is 31.2 Å². The van der Waals surface area contributed by atoms with Crippen LogP contribution in [0.4, 0.5) is 5.82 Å². The van der Waals surface area contributed by atoms with Crippen LogP contribution >= 0.6 is 0 Å². The van der Waals surface area contributed by atoms with Crippen molar-refractivity contribution >= 4 is 17.4 Å². The molecule has 9 nitrogen and oxygen atoms in total. The van der Waals surface area contributed by atoms with Gasteiger partial charge in [0.2, 0.25) is 0 Å². The number of fused-ring (bicyclic) bond motifs is 1. The fourth-order valence-electron chi connectivity index (χ4n) is 4.08. The average molecular weight is 432 g/mol. The molecule has 0 aliphatic carbocycles. The third-order valence-electron chi connectivity index (χ3n) is 5.68. The molecule has 0 spiro atoms. The maximum atomic E-state index is 11.8. The summed E-state index contributed by atoms with van der Waals surface area (Å²) in [5.41, 5.74) is 4.23. The van der Waals surface area contributed by atoms with Crippen molar-refractivity contribution in [2.45, 2.75) is 20.3 Å². The summed E-state index contributed by atoms with van der Waals surface area (Å²) in [5, 5.41) is 18.8. The lowest BCUT2D eigenvalue weighted by molar-refractivity contribution is 0.0689. The van der Waals surface area contributed by atoms with Gasteiger partial charge in [0.15, 0.2) is 17.2 Å². The number of nitrogens with zero attached hydrogens (tertiary/aromatic N) is 6. The number of anilines is 1. The lowest BCUT2D eigenvalue weighted by Gasteiger charge is -2.29. The Morgan fingerprint density at radius 2 is 1.97 bits per heavy atom. The van der Waals surface area contributed by atoms with E-state index in [1.807, 2.05) is 37.4 Å². The second-order valence-electron chi connectivity index (χ2n) is 7.81. The smallest absolute Gasteiger partial charge is 0.356 e. The van der Waals surface area contributed by atoms with Gasteiger partial charge in [-0.05, 0) is 25.5 Å². The van der Waals surface area contributed by atoms with Crippen molar-refractivity contribution in [1.29, 1.82) is 0 Å². The van der Waals surface area contributed by atoms with Gasteiger partial charge in [0, 0.05) is 36.5 Å². The van der Waals surface area contributed by atoms with Gasteiger partial charge in [0.1, 0.15) is 5.82 Å². The van der Waals surface area contributed by atoms with Gasteiger partial charge in [0.25, 0.3) is 0 Å². The van der Waals surface area contributed by atoms with Crippen molar-refractivity contribution < 1.29 is 14.6 Å².